The molecule has 0 spiro atoms. The zero-order valence-electron chi connectivity index (χ0n) is 9.59. The Morgan fingerprint density at radius 3 is 2.71 bits per heavy atom. The number of nitrogens with zero attached hydrogens (tertiary/aromatic N) is 1. The Morgan fingerprint density at radius 1 is 1.53 bits per heavy atom. The summed E-state index contributed by atoms with van der Waals surface area (Å²) in [5.41, 5.74) is 4.97. The monoisotopic (exact) mass is 260 g/mol. The first-order valence-electron chi connectivity index (χ1n) is 5.39. The van der Waals surface area contributed by atoms with Gasteiger partial charge in [-0.15, -0.1) is 0 Å². The van der Waals surface area contributed by atoms with Gasteiger partial charge in [-0.3, -0.25) is 9.59 Å². The molecule has 1 heterocycles. The highest BCUT2D eigenvalue weighted by Gasteiger charge is 2.35. The number of amides is 2. The normalized spacial score (nSPS) is 21.2. The van der Waals surface area contributed by atoms with E-state index in [4.69, 9.17) is 10.8 Å². The number of nitrogens with two attached hydrogens (primary N) is 1. The van der Waals surface area contributed by atoms with Gasteiger partial charge in [-0.25, -0.2) is 4.79 Å². The molecule has 17 heavy (non-hydrogen) atoms. The average molecular weight is 260 g/mol. The van der Waals surface area contributed by atoms with Gasteiger partial charge in [0, 0.05) is 18.2 Å². The van der Waals surface area contributed by atoms with Gasteiger partial charge < -0.3 is 15.7 Å². The smallest absolute Gasteiger partial charge is 0.326 e. The van der Waals surface area contributed by atoms with E-state index in [9.17, 15) is 14.4 Å². The molecular weight excluding hydrogens is 244 g/mol. The molecule has 3 N–H and O–H groups in total. The molecule has 0 aromatic carbocycles. The molecule has 7 heteroatoms. The number of carbonyl (C=O) groups is 3. The Morgan fingerprint density at radius 2 is 2.18 bits per heavy atom. The lowest BCUT2D eigenvalue weighted by atomic mass is 10.1. The summed E-state index contributed by atoms with van der Waals surface area (Å²) in [5.74, 6) is -1.29. The Kier molecular flexibility index (Phi) is 4.80. The van der Waals surface area contributed by atoms with Crippen LogP contribution in [0.4, 0.5) is 4.79 Å². The highest BCUT2D eigenvalue weighted by atomic mass is 32.2. The second-order valence-corrected chi connectivity index (χ2v) is 5.08. The third-order valence-electron chi connectivity index (χ3n) is 2.72. The molecule has 2 atom stereocenters. The maximum Gasteiger partial charge on any atom is 0.326 e. The summed E-state index contributed by atoms with van der Waals surface area (Å²) < 4.78 is 0. The molecule has 1 aliphatic rings. The highest BCUT2D eigenvalue weighted by molar-refractivity contribution is 8.13. The first-order valence-corrected chi connectivity index (χ1v) is 6.37. The summed E-state index contributed by atoms with van der Waals surface area (Å²) in [5, 5.41) is 8.43. The summed E-state index contributed by atoms with van der Waals surface area (Å²) in [6.45, 7) is 2.15. The van der Waals surface area contributed by atoms with Crippen LogP contribution in [0.3, 0.4) is 0 Å². The SMILES string of the molecule is C[C@H](CSC(N)=O)C(=O)N1CCC[C@H]1C(=O)O. The second kappa shape index (κ2) is 5.90. The third kappa shape index (κ3) is 3.62. The van der Waals surface area contributed by atoms with E-state index in [-0.39, 0.29) is 11.7 Å². The van der Waals surface area contributed by atoms with Crippen LogP contribution < -0.4 is 5.73 Å². The standard InChI is InChI=1S/C10H16N2O4S/c1-6(5-17-10(11)16)8(13)12-4-2-3-7(12)9(14)15/h6-7H,2-5H2,1H3,(H2,11,16)(H,14,15)/t6-,7+/m1/s1. The van der Waals surface area contributed by atoms with Crippen molar-refractivity contribution in [3.8, 4) is 0 Å². The van der Waals surface area contributed by atoms with Crippen LogP contribution in [0.1, 0.15) is 19.8 Å². The van der Waals surface area contributed by atoms with Gasteiger partial charge in [0.05, 0.1) is 0 Å². The fourth-order valence-corrected chi connectivity index (χ4v) is 2.41. The van der Waals surface area contributed by atoms with Gasteiger partial charge in [-0.2, -0.15) is 0 Å². The van der Waals surface area contributed by atoms with Crippen molar-refractivity contribution in [2.75, 3.05) is 12.3 Å². The minimum absolute atomic E-state index is 0.219. The summed E-state index contributed by atoms with van der Waals surface area (Å²) >= 11 is 0.880. The van der Waals surface area contributed by atoms with Gasteiger partial charge >= 0.3 is 5.97 Å². The number of likely N-dealkylation sites (tertiary alicyclic amines) is 1. The zero-order valence-corrected chi connectivity index (χ0v) is 10.4. The molecule has 0 unspecified atom stereocenters. The lowest BCUT2D eigenvalue weighted by Crippen LogP contribution is -2.43. The van der Waals surface area contributed by atoms with E-state index in [0.717, 1.165) is 11.8 Å². The van der Waals surface area contributed by atoms with E-state index in [1.165, 1.54) is 4.90 Å². The van der Waals surface area contributed by atoms with Crippen LogP contribution in [-0.4, -0.2) is 45.5 Å². The van der Waals surface area contributed by atoms with Crippen LogP contribution in [0.15, 0.2) is 0 Å². The Balaban J connectivity index is 2.56. The fraction of sp³-hybridized carbons (Fsp3) is 0.700. The average Bonchev–Trinajstić information content (AvgIpc) is 2.73. The largest absolute Gasteiger partial charge is 0.480 e. The summed E-state index contributed by atoms with van der Waals surface area (Å²) in [7, 11) is 0. The van der Waals surface area contributed by atoms with E-state index in [0.29, 0.717) is 19.4 Å². The highest BCUT2D eigenvalue weighted by Crippen LogP contribution is 2.21. The molecular formula is C10H16N2O4S. The predicted octanol–water partition coefficient (Wildman–Crippen LogP) is 0.510. The van der Waals surface area contributed by atoms with Gasteiger partial charge in [0.2, 0.25) is 5.91 Å². The Hall–Kier alpha value is -1.24. The minimum atomic E-state index is -0.967. The van der Waals surface area contributed by atoms with E-state index >= 15 is 0 Å². The fourth-order valence-electron chi connectivity index (χ4n) is 1.85. The molecule has 1 aliphatic heterocycles. The van der Waals surface area contributed by atoms with Crippen molar-refractivity contribution in [3.63, 3.8) is 0 Å². The van der Waals surface area contributed by atoms with Crippen LogP contribution in [0.5, 0.6) is 0 Å². The number of carboxylic acids is 1. The van der Waals surface area contributed by atoms with Gasteiger partial charge in [-0.05, 0) is 12.8 Å². The van der Waals surface area contributed by atoms with Crippen LogP contribution in [0.25, 0.3) is 0 Å². The quantitative estimate of drug-likeness (QED) is 0.767. The van der Waals surface area contributed by atoms with Crippen molar-refractivity contribution in [1.82, 2.24) is 4.90 Å². The molecule has 0 bridgehead atoms. The first-order chi connectivity index (χ1) is 7.93. The molecule has 1 rings (SSSR count). The van der Waals surface area contributed by atoms with Crippen molar-refractivity contribution in [1.29, 1.82) is 0 Å². The predicted molar refractivity (Wildman–Crippen MR) is 63.6 cm³/mol. The second-order valence-electron chi connectivity index (χ2n) is 4.06. The molecule has 0 aromatic rings. The summed E-state index contributed by atoms with van der Waals surface area (Å²) in [6.07, 6.45) is 1.20. The van der Waals surface area contributed by atoms with Crippen molar-refractivity contribution in [2.45, 2.75) is 25.8 Å². The zero-order chi connectivity index (χ0) is 13.0. The topological polar surface area (TPSA) is 101 Å². The van der Waals surface area contributed by atoms with Gasteiger partial charge in [0.1, 0.15) is 6.04 Å². The van der Waals surface area contributed by atoms with Crippen LogP contribution >= 0.6 is 11.8 Å². The maximum absolute atomic E-state index is 12.0. The van der Waals surface area contributed by atoms with E-state index in [1.807, 2.05) is 0 Å². The number of thioether (sulfide) groups is 1. The van der Waals surface area contributed by atoms with E-state index in [2.05, 4.69) is 0 Å². The lowest BCUT2D eigenvalue weighted by molar-refractivity contribution is -0.149. The molecule has 0 aliphatic carbocycles. The lowest BCUT2D eigenvalue weighted by Gasteiger charge is -2.24. The first kappa shape index (κ1) is 13.8. The number of rotatable bonds is 4. The number of carboxylic acid groups (broad SMARTS) is 1. The molecule has 0 saturated carbocycles. The van der Waals surface area contributed by atoms with E-state index in [1.54, 1.807) is 6.92 Å². The number of hydrogen-bond donors (Lipinski definition) is 2. The molecule has 96 valence electrons. The number of primary amides is 1. The van der Waals surface area contributed by atoms with E-state index < -0.39 is 23.2 Å². The van der Waals surface area contributed by atoms with Crippen molar-refractivity contribution in [3.05, 3.63) is 0 Å². The van der Waals surface area contributed by atoms with Gasteiger partial charge in [0.15, 0.2) is 0 Å². The van der Waals surface area contributed by atoms with Crippen LogP contribution in [-0.2, 0) is 9.59 Å². The number of aliphatic carboxylic acids is 1. The Labute approximate surface area is 104 Å². The Bertz CT molecular complexity index is 334. The molecule has 6 nitrogen and oxygen atoms in total. The third-order valence-corrected chi connectivity index (χ3v) is 3.67. The summed E-state index contributed by atoms with van der Waals surface area (Å²) in [6, 6.07) is -0.719. The minimum Gasteiger partial charge on any atom is -0.480 e. The summed E-state index contributed by atoms with van der Waals surface area (Å²) in [4.78, 5) is 34.9. The molecule has 0 aromatic heterocycles. The molecule has 0 radical (unpaired) electrons. The molecule has 1 saturated heterocycles. The molecule has 2 amide bonds. The van der Waals surface area contributed by atoms with Crippen molar-refractivity contribution in [2.24, 2.45) is 11.7 Å². The maximum atomic E-state index is 12.0. The van der Waals surface area contributed by atoms with Crippen LogP contribution in [0, 0.1) is 5.92 Å². The van der Waals surface area contributed by atoms with Gasteiger partial charge in [0.25, 0.3) is 5.24 Å². The van der Waals surface area contributed by atoms with Crippen LogP contribution in [0.2, 0.25) is 0 Å². The number of carbonyl (C=O) groups excluding carboxylic acids is 2. The van der Waals surface area contributed by atoms with Crippen molar-refractivity contribution < 1.29 is 19.5 Å². The van der Waals surface area contributed by atoms with Crippen molar-refractivity contribution >= 4 is 28.9 Å². The molecule has 1 fully saturated rings. The van der Waals surface area contributed by atoms with Gasteiger partial charge in [-0.1, -0.05) is 18.7 Å². The number of hydrogen-bond acceptors (Lipinski definition) is 4.